The fourth-order valence-electron chi connectivity index (χ4n) is 3.79. The van der Waals surface area contributed by atoms with Crippen molar-refractivity contribution in [2.24, 2.45) is 5.92 Å². The molecule has 0 saturated carbocycles. The lowest BCUT2D eigenvalue weighted by Gasteiger charge is -2.27. The first kappa shape index (κ1) is 27.7. The highest BCUT2D eigenvalue weighted by Crippen LogP contribution is 2.40. The number of rotatable bonds is 5. The average Bonchev–Trinajstić information content (AvgIpc) is 2.77. The van der Waals surface area contributed by atoms with E-state index in [0.717, 1.165) is 12.1 Å². The summed E-state index contributed by atoms with van der Waals surface area (Å²) in [6.07, 6.45) is -11.3. The number of halogens is 10. The molecule has 1 aliphatic heterocycles. The first-order valence-electron chi connectivity index (χ1n) is 10.8. The van der Waals surface area contributed by atoms with Crippen LogP contribution < -0.4 is 4.74 Å². The Morgan fingerprint density at radius 3 is 1.74 bits per heavy atom. The summed E-state index contributed by atoms with van der Waals surface area (Å²) in [5.74, 6) is -10.7. The van der Waals surface area contributed by atoms with Crippen molar-refractivity contribution >= 4 is 0 Å². The fraction of sp³-hybridized carbons (Fsp3) is 0.280. The predicted molar refractivity (Wildman–Crippen MR) is 111 cm³/mol. The quantitative estimate of drug-likeness (QED) is 0.301. The monoisotopic (exact) mass is 554 g/mol. The molecule has 0 bridgehead atoms. The van der Waals surface area contributed by atoms with Crippen LogP contribution in [-0.4, -0.2) is 13.2 Å². The van der Waals surface area contributed by atoms with Gasteiger partial charge in [-0.05, 0) is 23.8 Å². The second kappa shape index (κ2) is 10.1. The van der Waals surface area contributed by atoms with Gasteiger partial charge < -0.3 is 14.2 Å². The van der Waals surface area contributed by atoms with E-state index >= 15 is 0 Å². The van der Waals surface area contributed by atoms with E-state index in [9.17, 15) is 43.9 Å². The van der Waals surface area contributed by atoms with E-state index in [0.29, 0.717) is 25.3 Å². The van der Waals surface area contributed by atoms with Crippen LogP contribution in [0.4, 0.5) is 43.9 Å². The highest BCUT2D eigenvalue weighted by atomic mass is 19.4. The summed E-state index contributed by atoms with van der Waals surface area (Å²) in [5, 5.41) is 0. The van der Waals surface area contributed by atoms with Crippen molar-refractivity contribution in [1.29, 1.82) is 0 Å². The summed E-state index contributed by atoms with van der Waals surface area (Å²) >= 11 is 0. The molecule has 0 unspecified atom stereocenters. The zero-order valence-corrected chi connectivity index (χ0v) is 19.1. The van der Waals surface area contributed by atoms with Crippen LogP contribution in [0.25, 0.3) is 11.1 Å². The van der Waals surface area contributed by atoms with Crippen LogP contribution >= 0.6 is 0 Å². The molecule has 0 radical (unpaired) electrons. The summed E-state index contributed by atoms with van der Waals surface area (Å²) in [5.41, 5.74) is -4.95. The molecule has 0 amide bonds. The minimum Gasteiger partial charge on any atom is -0.429 e. The van der Waals surface area contributed by atoms with E-state index in [1.54, 1.807) is 0 Å². The van der Waals surface area contributed by atoms with Crippen LogP contribution in [0.3, 0.4) is 0 Å². The first-order valence-corrected chi connectivity index (χ1v) is 10.8. The maximum atomic E-state index is 14.8. The molecule has 0 spiro atoms. The van der Waals surface area contributed by atoms with Gasteiger partial charge in [0.15, 0.2) is 6.29 Å². The minimum absolute atomic E-state index is 0.124. The lowest BCUT2D eigenvalue weighted by Crippen LogP contribution is -2.25. The van der Waals surface area contributed by atoms with Gasteiger partial charge in [-0.2, -0.15) is 22.0 Å². The van der Waals surface area contributed by atoms with Crippen molar-refractivity contribution in [3.63, 3.8) is 0 Å². The molecule has 4 rings (SSSR count). The van der Waals surface area contributed by atoms with E-state index in [1.807, 2.05) is 6.92 Å². The van der Waals surface area contributed by atoms with E-state index in [-0.39, 0.29) is 29.2 Å². The smallest absolute Gasteiger partial charge is 0.429 e. The molecule has 38 heavy (non-hydrogen) atoms. The molecule has 1 aliphatic rings. The Balaban J connectivity index is 1.62. The van der Waals surface area contributed by atoms with Crippen molar-refractivity contribution < 1.29 is 58.1 Å². The van der Waals surface area contributed by atoms with Gasteiger partial charge in [0.1, 0.15) is 46.0 Å². The number of benzene rings is 3. The average molecular weight is 554 g/mol. The highest BCUT2D eigenvalue weighted by Gasteiger charge is 2.43. The molecular formula is C25H16F10O3. The number of hydrogen-bond donors (Lipinski definition) is 0. The molecule has 3 aromatic carbocycles. The lowest BCUT2D eigenvalue weighted by atomic mass is 10.00. The van der Waals surface area contributed by atoms with Crippen LogP contribution in [0.2, 0.25) is 0 Å². The lowest BCUT2D eigenvalue weighted by molar-refractivity contribution is -0.202. The summed E-state index contributed by atoms with van der Waals surface area (Å²) in [7, 11) is 0. The predicted octanol–water partition coefficient (Wildman–Crippen LogP) is 7.88. The molecule has 0 atom stereocenters. The van der Waals surface area contributed by atoms with E-state index in [2.05, 4.69) is 4.74 Å². The van der Waals surface area contributed by atoms with Crippen molar-refractivity contribution in [3.05, 3.63) is 88.2 Å². The van der Waals surface area contributed by atoms with Crippen molar-refractivity contribution in [2.75, 3.05) is 13.2 Å². The highest BCUT2D eigenvalue weighted by molar-refractivity contribution is 5.65. The number of alkyl halides is 5. The Labute approximate surface area is 208 Å². The van der Waals surface area contributed by atoms with Crippen LogP contribution in [0.5, 0.6) is 5.75 Å². The second-order valence-corrected chi connectivity index (χ2v) is 8.54. The molecule has 0 aromatic heterocycles. The van der Waals surface area contributed by atoms with Crippen molar-refractivity contribution in [1.82, 2.24) is 0 Å². The largest absolute Gasteiger partial charge is 0.432 e. The van der Waals surface area contributed by atoms with E-state index < -0.39 is 70.1 Å². The zero-order chi connectivity index (χ0) is 28.0. The normalized spacial score (nSPS) is 18.5. The first-order chi connectivity index (χ1) is 17.7. The minimum atomic E-state index is -5.48. The number of hydrogen-bond acceptors (Lipinski definition) is 3. The Morgan fingerprint density at radius 1 is 0.711 bits per heavy atom. The van der Waals surface area contributed by atoms with Gasteiger partial charge in [0.25, 0.3) is 0 Å². The summed E-state index contributed by atoms with van der Waals surface area (Å²) < 4.78 is 154. The van der Waals surface area contributed by atoms with Gasteiger partial charge in [-0.1, -0.05) is 19.1 Å². The molecule has 3 aromatic rings. The van der Waals surface area contributed by atoms with Crippen LogP contribution in [0, 0.1) is 35.0 Å². The van der Waals surface area contributed by atoms with Gasteiger partial charge >= 0.3 is 12.3 Å². The molecule has 0 N–H and O–H groups in total. The third kappa shape index (κ3) is 5.58. The van der Waals surface area contributed by atoms with Gasteiger partial charge in [0, 0.05) is 29.2 Å². The number of ether oxygens (including phenoxy) is 3. The molecule has 204 valence electrons. The molecular weight excluding hydrogens is 538 g/mol. The fourth-order valence-corrected chi connectivity index (χ4v) is 3.79. The van der Waals surface area contributed by atoms with Crippen LogP contribution in [-0.2, 0) is 21.8 Å². The van der Waals surface area contributed by atoms with Gasteiger partial charge in [-0.15, -0.1) is 0 Å². The summed E-state index contributed by atoms with van der Waals surface area (Å²) in [6.45, 7) is 2.59. The SMILES string of the molecule is CC1COC(c2ccc(-c3cc(F)c(C(F)(F)Oc4cc(F)c(C(F)(F)F)c(F)c4)c(F)c3)c(F)c2)OC1. The molecule has 3 nitrogen and oxygen atoms in total. The van der Waals surface area contributed by atoms with Crippen molar-refractivity contribution in [3.8, 4) is 16.9 Å². The van der Waals surface area contributed by atoms with Crippen LogP contribution in [0.1, 0.15) is 29.9 Å². The molecule has 13 heteroatoms. The molecule has 0 aliphatic carbocycles. The Morgan fingerprint density at radius 2 is 1.24 bits per heavy atom. The van der Waals surface area contributed by atoms with E-state index in [1.165, 1.54) is 6.07 Å². The Bertz CT molecular complexity index is 1300. The topological polar surface area (TPSA) is 27.7 Å². The van der Waals surface area contributed by atoms with E-state index in [4.69, 9.17) is 9.47 Å². The maximum Gasteiger partial charge on any atom is 0.432 e. The maximum absolute atomic E-state index is 14.8. The van der Waals surface area contributed by atoms with Gasteiger partial charge in [-0.25, -0.2) is 22.0 Å². The zero-order valence-electron chi connectivity index (χ0n) is 19.1. The third-order valence-electron chi connectivity index (χ3n) is 5.52. The van der Waals surface area contributed by atoms with Crippen LogP contribution in [0.15, 0.2) is 42.5 Å². The standard InChI is InChI=1S/C25H16F10O3/c1-11-9-36-23(37-10-11)12-2-3-15(16(26)4-12)13-5-17(27)22(18(28)6-13)25(34,35)38-14-7-19(29)21(20(30)8-14)24(31,32)33/h2-8,11,23H,9-10H2,1H3. The second-order valence-electron chi connectivity index (χ2n) is 8.54. The third-order valence-corrected chi connectivity index (χ3v) is 5.52. The van der Waals surface area contributed by atoms with Gasteiger partial charge in [0.05, 0.1) is 13.2 Å². The summed E-state index contributed by atoms with van der Waals surface area (Å²) in [6, 6.07) is 3.81. The Kier molecular flexibility index (Phi) is 7.36. The molecule has 1 heterocycles. The van der Waals surface area contributed by atoms with Gasteiger partial charge in [-0.3, -0.25) is 0 Å². The molecule has 1 fully saturated rings. The summed E-state index contributed by atoms with van der Waals surface area (Å²) in [4.78, 5) is 0. The van der Waals surface area contributed by atoms with Gasteiger partial charge in [0.2, 0.25) is 0 Å². The van der Waals surface area contributed by atoms with Crippen molar-refractivity contribution in [2.45, 2.75) is 25.5 Å². The Hall–Kier alpha value is -3.32. The molecule has 1 saturated heterocycles.